The number of rotatable bonds is 1. The molecule has 92 valence electrons. The van der Waals surface area contributed by atoms with Crippen molar-refractivity contribution in [3.63, 3.8) is 0 Å². The Balaban J connectivity index is 1.99. The van der Waals surface area contributed by atoms with Crippen molar-refractivity contribution in [2.75, 3.05) is 0 Å². The van der Waals surface area contributed by atoms with E-state index in [9.17, 15) is 0 Å². The quantitative estimate of drug-likeness (QED) is 0.612. The van der Waals surface area contributed by atoms with Crippen LogP contribution in [0.5, 0.6) is 0 Å². The maximum Gasteiger partial charge on any atom is -0.0176 e. The molecule has 3 fully saturated rings. The summed E-state index contributed by atoms with van der Waals surface area (Å²) in [5.74, 6) is 6.87. The van der Waals surface area contributed by atoms with Gasteiger partial charge in [-0.05, 0) is 52.3 Å². The van der Waals surface area contributed by atoms with Gasteiger partial charge in [0.1, 0.15) is 0 Å². The van der Waals surface area contributed by atoms with E-state index in [0.717, 1.165) is 46.8 Å². The Labute approximate surface area is 101 Å². The smallest absolute Gasteiger partial charge is 0.0176 e. The summed E-state index contributed by atoms with van der Waals surface area (Å²) in [4.78, 5) is 0. The second kappa shape index (κ2) is 2.70. The van der Waals surface area contributed by atoms with Crippen LogP contribution < -0.4 is 0 Å². The molecule has 1 spiro atoms. The van der Waals surface area contributed by atoms with Gasteiger partial charge in [0.25, 0.3) is 0 Å². The van der Waals surface area contributed by atoms with E-state index < -0.39 is 0 Å². The van der Waals surface area contributed by atoms with Crippen molar-refractivity contribution in [1.29, 1.82) is 0 Å². The van der Waals surface area contributed by atoms with Crippen LogP contribution in [-0.4, -0.2) is 0 Å². The van der Waals surface area contributed by atoms with Crippen LogP contribution in [0.1, 0.15) is 48.5 Å². The van der Waals surface area contributed by atoms with E-state index in [2.05, 4.69) is 48.5 Å². The standard InChI is InChI=1S/C16H28/c1-8(2)15(7)13-9(3)10(4)16(14(13)15)11(5)12(16)6/h8-14H,1-7H3. The summed E-state index contributed by atoms with van der Waals surface area (Å²) in [7, 11) is 0. The lowest BCUT2D eigenvalue weighted by atomic mass is 9.72. The average Bonchev–Trinajstić information content (AvgIpc) is 2.97. The van der Waals surface area contributed by atoms with Crippen molar-refractivity contribution in [2.45, 2.75) is 48.5 Å². The highest BCUT2D eigenvalue weighted by molar-refractivity contribution is 5.31. The van der Waals surface area contributed by atoms with Crippen molar-refractivity contribution < 1.29 is 0 Å². The first-order valence-corrected chi connectivity index (χ1v) is 7.32. The minimum atomic E-state index is 0.672. The van der Waals surface area contributed by atoms with Gasteiger partial charge in [0, 0.05) is 0 Å². The molecule has 0 N–H and O–H groups in total. The Morgan fingerprint density at radius 1 is 0.875 bits per heavy atom. The molecule has 0 nitrogen and oxygen atoms in total. The normalized spacial score (nSPS) is 67.5. The van der Waals surface area contributed by atoms with Gasteiger partial charge in [0.05, 0.1) is 0 Å². The first kappa shape index (κ1) is 11.1. The fourth-order valence-electron chi connectivity index (χ4n) is 6.32. The fraction of sp³-hybridized carbons (Fsp3) is 1.00. The topological polar surface area (TPSA) is 0 Å². The molecule has 0 aliphatic heterocycles. The molecule has 7 unspecified atom stereocenters. The van der Waals surface area contributed by atoms with Crippen molar-refractivity contribution in [2.24, 2.45) is 52.3 Å². The zero-order chi connectivity index (χ0) is 12.0. The second-order valence-corrected chi connectivity index (χ2v) is 7.75. The third-order valence-corrected chi connectivity index (χ3v) is 7.78. The molecule has 0 aromatic heterocycles. The van der Waals surface area contributed by atoms with Crippen molar-refractivity contribution in [3.8, 4) is 0 Å². The number of hydrogen-bond donors (Lipinski definition) is 0. The second-order valence-electron chi connectivity index (χ2n) is 7.75. The summed E-state index contributed by atoms with van der Waals surface area (Å²) in [5.41, 5.74) is 1.41. The molecule has 0 saturated heterocycles. The van der Waals surface area contributed by atoms with E-state index in [0.29, 0.717) is 5.41 Å². The largest absolute Gasteiger partial charge is 0.0622 e. The van der Waals surface area contributed by atoms with Gasteiger partial charge in [-0.1, -0.05) is 48.5 Å². The predicted molar refractivity (Wildman–Crippen MR) is 69.0 cm³/mol. The van der Waals surface area contributed by atoms with Crippen LogP contribution in [0.2, 0.25) is 0 Å². The van der Waals surface area contributed by atoms with Gasteiger partial charge in [0.15, 0.2) is 0 Å². The van der Waals surface area contributed by atoms with E-state index in [1.807, 2.05) is 0 Å². The van der Waals surface area contributed by atoms with Crippen molar-refractivity contribution in [3.05, 3.63) is 0 Å². The SMILES string of the molecule is CC1C2C(C2(C)C(C)C)C2(C1C)C(C)C2C. The lowest BCUT2D eigenvalue weighted by Crippen LogP contribution is -2.28. The van der Waals surface area contributed by atoms with Crippen LogP contribution in [0.4, 0.5) is 0 Å². The molecular weight excluding hydrogens is 192 g/mol. The Hall–Kier alpha value is 0. The molecule has 0 aromatic carbocycles. The van der Waals surface area contributed by atoms with Crippen LogP contribution in [-0.2, 0) is 0 Å². The molecule has 0 radical (unpaired) electrons. The summed E-state index contributed by atoms with van der Waals surface area (Å²) in [6.07, 6.45) is 0. The van der Waals surface area contributed by atoms with Crippen LogP contribution in [0.3, 0.4) is 0 Å². The molecule has 0 aromatic rings. The van der Waals surface area contributed by atoms with E-state index in [1.165, 1.54) is 0 Å². The summed E-state index contributed by atoms with van der Waals surface area (Å²) < 4.78 is 0. The highest BCUT2D eigenvalue weighted by Crippen LogP contribution is 2.89. The van der Waals surface area contributed by atoms with Gasteiger partial charge in [-0.2, -0.15) is 0 Å². The van der Waals surface area contributed by atoms with E-state index >= 15 is 0 Å². The molecule has 7 atom stereocenters. The molecule has 0 amide bonds. The van der Waals surface area contributed by atoms with Gasteiger partial charge in [0.2, 0.25) is 0 Å². The van der Waals surface area contributed by atoms with Gasteiger partial charge < -0.3 is 0 Å². The van der Waals surface area contributed by atoms with Gasteiger partial charge in [-0.15, -0.1) is 0 Å². The summed E-state index contributed by atoms with van der Waals surface area (Å²) in [6, 6.07) is 0. The monoisotopic (exact) mass is 220 g/mol. The molecule has 0 heterocycles. The predicted octanol–water partition coefficient (Wildman–Crippen LogP) is 4.45. The van der Waals surface area contributed by atoms with E-state index in [4.69, 9.17) is 0 Å². The maximum atomic E-state index is 2.58. The zero-order valence-electron chi connectivity index (χ0n) is 12.0. The number of hydrogen-bond acceptors (Lipinski definition) is 0. The van der Waals surface area contributed by atoms with E-state index in [1.54, 1.807) is 0 Å². The molecular formula is C16H28. The highest BCUT2D eigenvalue weighted by atomic mass is 14.9. The maximum absolute atomic E-state index is 2.58. The average molecular weight is 220 g/mol. The molecule has 3 saturated carbocycles. The van der Waals surface area contributed by atoms with Crippen LogP contribution >= 0.6 is 0 Å². The Kier molecular flexibility index (Phi) is 1.87. The summed E-state index contributed by atoms with van der Waals surface area (Å²) in [6.45, 7) is 17.6. The van der Waals surface area contributed by atoms with Crippen LogP contribution in [0.15, 0.2) is 0 Å². The minimum Gasteiger partial charge on any atom is -0.0622 e. The Morgan fingerprint density at radius 3 is 1.75 bits per heavy atom. The lowest BCUT2D eigenvalue weighted by molar-refractivity contribution is 0.146. The Morgan fingerprint density at radius 2 is 1.38 bits per heavy atom. The van der Waals surface area contributed by atoms with Gasteiger partial charge >= 0.3 is 0 Å². The first-order valence-electron chi connectivity index (χ1n) is 7.32. The van der Waals surface area contributed by atoms with Crippen molar-refractivity contribution >= 4 is 0 Å². The van der Waals surface area contributed by atoms with E-state index in [-0.39, 0.29) is 0 Å². The van der Waals surface area contributed by atoms with Gasteiger partial charge in [-0.25, -0.2) is 0 Å². The Bertz CT molecular complexity index is 321. The first-order chi connectivity index (χ1) is 7.32. The molecule has 0 bridgehead atoms. The fourth-order valence-corrected chi connectivity index (χ4v) is 6.32. The van der Waals surface area contributed by atoms with Crippen molar-refractivity contribution in [1.82, 2.24) is 0 Å². The highest BCUT2D eigenvalue weighted by Gasteiger charge is 2.85. The summed E-state index contributed by atoms with van der Waals surface area (Å²) >= 11 is 0. The van der Waals surface area contributed by atoms with Crippen LogP contribution in [0, 0.1) is 52.3 Å². The molecule has 0 heteroatoms. The molecule has 3 aliphatic carbocycles. The minimum absolute atomic E-state index is 0.672. The van der Waals surface area contributed by atoms with Crippen LogP contribution in [0.25, 0.3) is 0 Å². The molecule has 3 rings (SSSR count). The third-order valence-electron chi connectivity index (χ3n) is 7.78. The number of fused-ring (bicyclic) bond motifs is 2. The summed E-state index contributed by atoms with van der Waals surface area (Å²) in [5, 5.41) is 0. The van der Waals surface area contributed by atoms with Gasteiger partial charge in [-0.3, -0.25) is 0 Å². The lowest BCUT2D eigenvalue weighted by Gasteiger charge is -2.33. The zero-order valence-corrected chi connectivity index (χ0v) is 12.0. The molecule has 3 aliphatic rings. The third kappa shape index (κ3) is 0.811. The molecule has 16 heavy (non-hydrogen) atoms.